The molecule has 0 aliphatic carbocycles. The van der Waals surface area contributed by atoms with E-state index in [0.29, 0.717) is 19.1 Å². The Hall–Kier alpha value is -1.06. The summed E-state index contributed by atoms with van der Waals surface area (Å²) in [5.74, 6) is 1.52. The highest BCUT2D eigenvalue weighted by Gasteiger charge is 2.03. The van der Waals surface area contributed by atoms with Crippen molar-refractivity contribution in [3.8, 4) is 5.75 Å². The molecule has 1 aromatic rings. The number of ether oxygens (including phenoxy) is 2. The summed E-state index contributed by atoms with van der Waals surface area (Å²) in [6.07, 6.45) is 0. The van der Waals surface area contributed by atoms with E-state index in [4.69, 9.17) is 9.47 Å². The lowest BCUT2D eigenvalue weighted by Crippen LogP contribution is -2.12. The molecule has 0 aromatic heterocycles. The lowest BCUT2D eigenvalue weighted by molar-refractivity contribution is 0.0816. The van der Waals surface area contributed by atoms with Gasteiger partial charge in [0.25, 0.3) is 0 Å². The van der Waals surface area contributed by atoms with Crippen LogP contribution in [-0.2, 0) is 11.3 Å². The molecular formula is C15H25NO2. The van der Waals surface area contributed by atoms with Gasteiger partial charge >= 0.3 is 0 Å². The summed E-state index contributed by atoms with van der Waals surface area (Å²) in [6.45, 7) is 9.24. The average Bonchev–Trinajstić information content (AvgIpc) is 2.31. The summed E-state index contributed by atoms with van der Waals surface area (Å²) in [5, 5.41) is 3.16. The number of hydrogen-bond acceptors (Lipinski definition) is 3. The van der Waals surface area contributed by atoms with Gasteiger partial charge in [0.2, 0.25) is 0 Å². The van der Waals surface area contributed by atoms with E-state index < -0.39 is 0 Å². The Balaban J connectivity index is 2.41. The van der Waals surface area contributed by atoms with Gasteiger partial charge in [-0.15, -0.1) is 0 Å². The van der Waals surface area contributed by atoms with Crippen LogP contribution in [0.25, 0.3) is 0 Å². The molecular weight excluding hydrogens is 226 g/mol. The van der Waals surface area contributed by atoms with Crippen LogP contribution in [-0.4, -0.2) is 26.9 Å². The Morgan fingerprint density at radius 2 is 2.00 bits per heavy atom. The van der Waals surface area contributed by atoms with E-state index in [0.717, 1.165) is 18.9 Å². The third-order valence-electron chi connectivity index (χ3n) is 2.52. The van der Waals surface area contributed by atoms with Gasteiger partial charge in [0.15, 0.2) is 0 Å². The van der Waals surface area contributed by atoms with Gasteiger partial charge in [-0.2, -0.15) is 0 Å². The van der Waals surface area contributed by atoms with Crippen molar-refractivity contribution in [1.82, 2.24) is 5.32 Å². The molecule has 0 saturated carbocycles. The van der Waals surface area contributed by atoms with Crippen LogP contribution in [0.15, 0.2) is 18.2 Å². The van der Waals surface area contributed by atoms with Crippen LogP contribution in [0.5, 0.6) is 5.75 Å². The molecule has 0 fully saturated rings. The molecule has 102 valence electrons. The Bertz CT molecular complexity index is 350. The predicted molar refractivity (Wildman–Crippen MR) is 75.1 cm³/mol. The zero-order valence-corrected chi connectivity index (χ0v) is 12.0. The second kappa shape index (κ2) is 8.11. The molecule has 0 saturated heterocycles. The van der Waals surface area contributed by atoms with E-state index in [1.54, 1.807) is 0 Å². The van der Waals surface area contributed by atoms with Crippen LogP contribution in [0.2, 0.25) is 0 Å². The first-order valence-corrected chi connectivity index (χ1v) is 6.58. The number of rotatable bonds is 8. The van der Waals surface area contributed by atoms with Gasteiger partial charge in [0.05, 0.1) is 6.61 Å². The summed E-state index contributed by atoms with van der Waals surface area (Å²) in [7, 11) is 1.94. The zero-order chi connectivity index (χ0) is 13.4. The molecule has 0 radical (unpaired) electrons. The molecule has 0 atom stereocenters. The minimum atomic E-state index is 0.573. The molecule has 18 heavy (non-hydrogen) atoms. The van der Waals surface area contributed by atoms with E-state index >= 15 is 0 Å². The average molecular weight is 251 g/mol. The maximum absolute atomic E-state index is 5.76. The fourth-order valence-corrected chi connectivity index (χ4v) is 1.71. The van der Waals surface area contributed by atoms with Crippen LogP contribution >= 0.6 is 0 Å². The lowest BCUT2D eigenvalue weighted by atomic mass is 10.1. The van der Waals surface area contributed by atoms with Crippen molar-refractivity contribution in [2.45, 2.75) is 27.3 Å². The Labute approximate surface area is 110 Å². The Morgan fingerprint density at radius 3 is 2.67 bits per heavy atom. The maximum Gasteiger partial charge on any atom is 0.123 e. The first-order valence-electron chi connectivity index (χ1n) is 6.58. The number of benzene rings is 1. The molecule has 1 aromatic carbocycles. The zero-order valence-electron chi connectivity index (χ0n) is 12.0. The SMILES string of the molecule is CNCc1cc(C)ccc1OCCOCC(C)C. The first-order chi connectivity index (χ1) is 8.63. The fourth-order valence-electron chi connectivity index (χ4n) is 1.71. The largest absolute Gasteiger partial charge is 0.491 e. The number of nitrogens with one attached hydrogen (secondary N) is 1. The first kappa shape index (κ1) is 15.0. The second-order valence-electron chi connectivity index (χ2n) is 4.96. The van der Waals surface area contributed by atoms with Gasteiger partial charge in [-0.05, 0) is 26.0 Å². The smallest absolute Gasteiger partial charge is 0.123 e. The van der Waals surface area contributed by atoms with E-state index in [1.807, 2.05) is 13.1 Å². The highest BCUT2D eigenvalue weighted by molar-refractivity contribution is 5.36. The van der Waals surface area contributed by atoms with Gasteiger partial charge in [0.1, 0.15) is 12.4 Å². The van der Waals surface area contributed by atoms with Crippen molar-refractivity contribution >= 4 is 0 Å². The van der Waals surface area contributed by atoms with Gasteiger partial charge in [0, 0.05) is 18.7 Å². The molecule has 0 spiro atoms. The van der Waals surface area contributed by atoms with Crippen molar-refractivity contribution in [1.29, 1.82) is 0 Å². The van der Waals surface area contributed by atoms with E-state index in [2.05, 4.69) is 38.2 Å². The maximum atomic E-state index is 5.76. The van der Waals surface area contributed by atoms with Crippen LogP contribution in [0, 0.1) is 12.8 Å². The summed E-state index contributed by atoms with van der Waals surface area (Å²) in [5.41, 5.74) is 2.45. The molecule has 0 aliphatic heterocycles. The van der Waals surface area contributed by atoms with E-state index in [1.165, 1.54) is 11.1 Å². The molecule has 0 bridgehead atoms. The Kier molecular flexibility index (Phi) is 6.76. The minimum absolute atomic E-state index is 0.573. The van der Waals surface area contributed by atoms with Crippen LogP contribution in [0.1, 0.15) is 25.0 Å². The van der Waals surface area contributed by atoms with Crippen molar-refractivity contribution in [3.63, 3.8) is 0 Å². The summed E-state index contributed by atoms with van der Waals surface area (Å²) in [4.78, 5) is 0. The molecule has 0 unspecified atom stereocenters. The third kappa shape index (κ3) is 5.52. The van der Waals surface area contributed by atoms with Crippen LogP contribution in [0.4, 0.5) is 0 Å². The van der Waals surface area contributed by atoms with Crippen molar-refractivity contribution in [3.05, 3.63) is 29.3 Å². The highest BCUT2D eigenvalue weighted by Crippen LogP contribution is 2.19. The van der Waals surface area contributed by atoms with E-state index in [9.17, 15) is 0 Å². The van der Waals surface area contributed by atoms with E-state index in [-0.39, 0.29) is 0 Å². The van der Waals surface area contributed by atoms with Crippen LogP contribution < -0.4 is 10.1 Å². The second-order valence-corrected chi connectivity index (χ2v) is 4.96. The highest BCUT2D eigenvalue weighted by atomic mass is 16.5. The van der Waals surface area contributed by atoms with Gasteiger partial charge in [-0.25, -0.2) is 0 Å². The summed E-state index contributed by atoms with van der Waals surface area (Å²) < 4.78 is 11.3. The third-order valence-corrected chi connectivity index (χ3v) is 2.52. The van der Waals surface area contributed by atoms with Gasteiger partial charge < -0.3 is 14.8 Å². The lowest BCUT2D eigenvalue weighted by Gasteiger charge is -2.13. The molecule has 3 nitrogen and oxygen atoms in total. The molecule has 1 rings (SSSR count). The molecule has 0 amide bonds. The summed E-state index contributed by atoms with van der Waals surface area (Å²) in [6, 6.07) is 6.26. The fraction of sp³-hybridized carbons (Fsp3) is 0.600. The molecule has 0 heterocycles. The number of hydrogen-bond donors (Lipinski definition) is 1. The van der Waals surface area contributed by atoms with Crippen molar-refractivity contribution in [2.24, 2.45) is 5.92 Å². The quantitative estimate of drug-likeness (QED) is 0.721. The monoisotopic (exact) mass is 251 g/mol. The Morgan fingerprint density at radius 1 is 1.22 bits per heavy atom. The minimum Gasteiger partial charge on any atom is -0.491 e. The molecule has 0 aliphatic rings. The topological polar surface area (TPSA) is 30.5 Å². The molecule has 3 heteroatoms. The van der Waals surface area contributed by atoms with Crippen molar-refractivity contribution in [2.75, 3.05) is 26.9 Å². The number of aryl methyl sites for hydroxylation is 1. The summed E-state index contributed by atoms with van der Waals surface area (Å²) >= 11 is 0. The molecule has 1 N–H and O–H groups in total. The predicted octanol–water partition coefficient (Wildman–Crippen LogP) is 2.77. The standard InChI is InChI=1S/C15H25NO2/c1-12(2)11-17-7-8-18-15-6-5-13(3)9-14(15)10-16-4/h5-6,9,12,16H,7-8,10-11H2,1-4H3. The van der Waals surface area contributed by atoms with Crippen molar-refractivity contribution < 1.29 is 9.47 Å². The van der Waals surface area contributed by atoms with Gasteiger partial charge in [-0.1, -0.05) is 31.5 Å². The van der Waals surface area contributed by atoms with Crippen LogP contribution in [0.3, 0.4) is 0 Å². The van der Waals surface area contributed by atoms with Gasteiger partial charge in [-0.3, -0.25) is 0 Å². The normalized spacial score (nSPS) is 10.9.